The molecule has 0 bridgehead atoms. The summed E-state index contributed by atoms with van der Waals surface area (Å²) in [5.41, 5.74) is 0.467. The van der Waals surface area contributed by atoms with Crippen molar-refractivity contribution in [3.05, 3.63) is 17.8 Å². The highest BCUT2D eigenvalue weighted by Crippen LogP contribution is 2.06. The minimum Gasteiger partial charge on any atom is -0.462 e. The van der Waals surface area contributed by atoms with Crippen molar-refractivity contribution < 1.29 is 19.1 Å². The summed E-state index contributed by atoms with van der Waals surface area (Å²) in [5, 5.41) is 6.77. The summed E-state index contributed by atoms with van der Waals surface area (Å²) in [5.74, 6) is -0.401. The second kappa shape index (κ2) is 6.96. The molecule has 1 rings (SSSR count). The lowest BCUT2D eigenvalue weighted by molar-refractivity contribution is 0.0528. The van der Waals surface area contributed by atoms with Crippen LogP contribution in [0.4, 0.5) is 4.79 Å². The number of hydrogen-bond acceptors (Lipinski definition) is 5. The molecular weight excluding hydrogens is 273 g/mol. The molecule has 0 unspecified atom stereocenters. The van der Waals surface area contributed by atoms with Gasteiger partial charge in [-0.2, -0.15) is 5.10 Å². The molecule has 0 aromatic carbocycles. The zero-order valence-corrected chi connectivity index (χ0v) is 13.0. The minimum absolute atomic E-state index is 0.315. The van der Waals surface area contributed by atoms with Gasteiger partial charge in [0, 0.05) is 11.8 Å². The number of carbonyl (C=O) groups is 2. The van der Waals surface area contributed by atoms with E-state index < -0.39 is 17.6 Å². The third-order valence-corrected chi connectivity index (χ3v) is 2.78. The molecule has 0 fully saturated rings. The van der Waals surface area contributed by atoms with Crippen LogP contribution in [0.1, 0.15) is 31.1 Å². The van der Waals surface area contributed by atoms with Crippen LogP contribution in [0, 0.1) is 0 Å². The second-order valence-corrected chi connectivity index (χ2v) is 4.96. The number of alkyl carbamates (subject to hydrolysis) is 1. The Kier molecular flexibility index (Phi) is 5.57. The number of ether oxygens (including phenoxy) is 2. The number of nitrogens with one attached hydrogen (secondary N) is 1. The standard InChI is InChI=1S/C13H20BN3O4/c1-5-21-11(18)9-8-15-17(10(9)14)7-6-13(2,3)16-12(19)20-4/h6-8H,5,14H2,1-4H3,(H,16,19)/b7-6+. The molecule has 7 nitrogen and oxygen atoms in total. The van der Waals surface area contributed by atoms with Gasteiger partial charge in [0.05, 0.1) is 31.0 Å². The molecule has 8 heteroatoms. The lowest BCUT2D eigenvalue weighted by atomic mass is 9.99. The molecule has 1 aromatic heterocycles. The maximum Gasteiger partial charge on any atom is 0.407 e. The van der Waals surface area contributed by atoms with E-state index in [0.717, 1.165) is 0 Å². The Balaban J connectivity index is 2.86. The molecule has 114 valence electrons. The van der Waals surface area contributed by atoms with Crippen molar-refractivity contribution in [3.63, 3.8) is 0 Å². The molecule has 0 aliphatic carbocycles. The summed E-state index contributed by atoms with van der Waals surface area (Å²) >= 11 is 0. The van der Waals surface area contributed by atoms with Gasteiger partial charge < -0.3 is 14.8 Å². The maximum atomic E-state index is 11.7. The number of rotatable bonds is 5. The van der Waals surface area contributed by atoms with Crippen molar-refractivity contribution in [2.75, 3.05) is 13.7 Å². The number of hydrogen-bond donors (Lipinski definition) is 1. The summed E-state index contributed by atoms with van der Waals surface area (Å²) < 4.78 is 11.1. The van der Waals surface area contributed by atoms with Crippen LogP contribution < -0.4 is 10.9 Å². The van der Waals surface area contributed by atoms with Crippen molar-refractivity contribution in [1.29, 1.82) is 0 Å². The van der Waals surface area contributed by atoms with Gasteiger partial charge in [0.15, 0.2) is 7.85 Å². The molecule has 21 heavy (non-hydrogen) atoms. The fourth-order valence-corrected chi connectivity index (χ4v) is 1.60. The predicted octanol–water partition coefficient (Wildman–Crippen LogP) is -0.0765. The Labute approximate surface area is 124 Å². The Morgan fingerprint density at radius 1 is 1.52 bits per heavy atom. The zero-order chi connectivity index (χ0) is 16.0. The first kappa shape index (κ1) is 16.8. The van der Waals surface area contributed by atoms with Crippen LogP contribution in [0.2, 0.25) is 0 Å². The van der Waals surface area contributed by atoms with Crippen molar-refractivity contribution in [1.82, 2.24) is 15.1 Å². The number of aromatic nitrogens is 2. The first-order chi connectivity index (χ1) is 9.80. The van der Waals surface area contributed by atoms with E-state index in [4.69, 9.17) is 4.74 Å². The van der Waals surface area contributed by atoms with Crippen LogP contribution in [0.25, 0.3) is 6.20 Å². The molecule has 0 saturated heterocycles. The van der Waals surface area contributed by atoms with Gasteiger partial charge in [0.2, 0.25) is 0 Å². The molecule has 0 radical (unpaired) electrons. The molecule has 1 amide bonds. The van der Waals surface area contributed by atoms with E-state index in [0.29, 0.717) is 17.8 Å². The van der Waals surface area contributed by atoms with E-state index in [2.05, 4.69) is 15.2 Å². The third-order valence-electron chi connectivity index (χ3n) is 2.78. The lowest BCUT2D eigenvalue weighted by Gasteiger charge is -2.21. The van der Waals surface area contributed by atoms with Crippen LogP contribution in [-0.2, 0) is 9.47 Å². The predicted molar refractivity (Wildman–Crippen MR) is 81.3 cm³/mol. The van der Waals surface area contributed by atoms with Crippen LogP contribution in [0.15, 0.2) is 12.3 Å². The molecule has 1 heterocycles. The van der Waals surface area contributed by atoms with Gasteiger partial charge in [-0.25, -0.2) is 9.59 Å². The highest BCUT2D eigenvalue weighted by Gasteiger charge is 2.18. The van der Waals surface area contributed by atoms with Crippen LogP contribution in [0.3, 0.4) is 0 Å². The Hall–Kier alpha value is -2.25. The summed E-state index contributed by atoms with van der Waals surface area (Å²) in [6, 6.07) is 0. The fourth-order valence-electron chi connectivity index (χ4n) is 1.60. The fraction of sp³-hybridized carbons (Fsp3) is 0.462. The Morgan fingerprint density at radius 3 is 2.76 bits per heavy atom. The van der Waals surface area contributed by atoms with Gasteiger partial charge in [-0.1, -0.05) is 0 Å². The Morgan fingerprint density at radius 2 is 2.19 bits per heavy atom. The first-order valence-corrected chi connectivity index (χ1v) is 6.57. The van der Waals surface area contributed by atoms with E-state index >= 15 is 0 Å². The number of carbonyl (C=O) groups excluding carboxylic acids is 2. The molecular formula is C13H20BN3O4. The van der Waals surface area contributed by atoms with Gasteiger partial charge in [-0.15, -0.1) is 0 Å². The zero-order valence-electron chi connectivity index (χ0n) is 13.0. The molecule has 0 aliphatic heterocycles. The van der Waals surface area contributed by atoms with E-state index in [1.54, 1.807) is 31.7 Å². The number of esters is 1. The average Bonchev–Trinajstić information content (AvgIpc) is 2.77. The van der Waals surface area contributed by atoms with Crippen LogP contribution >= 0.6 is 0 Å². The molecule has 0 atom stereocenters. The molecule has 1 aromatic rings. The van der Waals surface area contributed by atoms with Gasteiger partial charge in [-0.3, -0.25) is 4.68 Å². The van der Waals surface area contributed by atoms with Crippen molar-refractivity contribution in [2.45, 2.75) is 26.3 Å². The number of nitrogens with zero attached hydrogens (tertiary/aromatic N) is 2. The van der Waals surface area contributed by atoms with Crippen molar-refractivity contribution in [2.24, 2.45) is 0 Å². The van der Waals surface area contributed by atoms with Crippen molar-refractivity contribution >= 4 is 31.7 Å². The van der Waals surface area contributed by atoms with Crippen LogP contribution in [0.5, 0.6) is 0 Å². The summed E-state index contributed by atoms with van der Waals surface area (Å²) in [7, 11) is 3.07. The molecule has 1 N–H and O–H groups in total. The topological polar surface area (TPSA) is 82.5 Å². The van der Waals surface area contributed by atoms with E-state index in [1.165, 1.54) is 13.3 Å². The summed E-state index contributed by atoms with van der Waals surface area (Å²) in [6.45, 7) is 5.69. The van der Waals surface area contributed by atoms with E-state index in [9.17, 15) is 9.59 Å². The van der Waals surface area contributed by atoms with E-state index in [1.807, 2.05) is 13.8 Å². The number of methoxy groups -OCH3 is 1. The van der Waals surface area contributed by atoms with Crippen molar-refractivity contribution in [3.8, 4) is 0 Å². The van der Waals surface area contributed by atoms with Gasteiger partial charge in [0.25, 0.3) is 0 Å². The largest absolute Gasteiger partial charge is 0.462 e. The quantitative estimate of drug-likeness (QED) is 0.606. The average molecular weight is 293 g/mol. The molecule has 0 aliphatic rings. The van der Waals surface area contributed by atoms with E-state index in [-0.39, 0.29) is 0 Å². The monoisotopic (exact) mass is 293 g/mol. The highest BCUT2D eigenvalue weighted by molar-refractivity contribution is 6.35. The van der Waals surface area contributed by atoms with Gasteiger partial charge >= 0.3 is 12.1 Å². The van der Waals surface area contributed by atoms with Gasteiger partial charge in [-0.05, 0) is 26.8 Å². The first-order valence-electron chi connectivity index (χ1n) is 6.57. The normalized spacial score (nSPS) is 11.4. The van der Waals surface area contributed by atoms with Gasteiger partial charge in [0.1, 0.15) is 0 Å². The summed E-state index contributed by atoms with van der Waals surface area (Å²) in [4.78, 5) is 22.9. The maximum absolute atomic E-state index is 11.7. The third kappa shape index (κ3) is 4.66. The molecule has 0 saturated carbocycles. The van der Waals surface area contributed by atoms with Crippen LogP contribution in [-0.4, -0.2) is 48.9 Å². The smallest absolute Gasteiger partial charge is 0.407 e. The second-order valence-electron chi connectivity index (χ2n) is 4.96. The SMILES string of the molecule is Bc1c(C(=O)OCC)cnn1/C=C/C(C)(C)NC(=O)OC. The minimum atomic E-state index is -0.616. The Bertz CT molecular complexity index is 552. The summed E-state index contributed by atoms with van der Waals surface area (Å²) in [6.07, 6.45) is 4.36. The lowest BCUT2D eigenvalue weighted by Crippen LogP contribution is -2.41. The molecule has 0 spiro atoms. The highest BCUT2D eigenvalue weighted by atomic mass is 16.5. The number of amides is 1.